The average Bonchev–Trinajstić information content (AvgIpc) is 2.38. The molecule has 0 radical (unpaired) electrons. The number of benzene rings is 1. The van der Waals surface area contributed by atoms with Gasteiger partial charge >= 0.3 is 0 Å². The van der Waals surface area contributed by atoms with Crippen LogP contribution in [0.25, 0.3) is 0 Å². The van der Waals surface area contributed by atoms with Crippen LogP contribution in [0.1, 0.15) is 32.2 Å². The summed E-state index contributed by atoms with van der Waals surface area (Å²) in [5.41, 5.74) is 0.379. The number of hydrogen-bond donors (Lipinski definition) is 1. The first-order chi connectivity index (χ1) is 9.75. The molecule has 0 aliphatic carbocycles. The van der Waals surface area contributed by atoms with Crippen LogP contribution in [-0.4, -0.2) is 9.97 Å². The molecule has 1 heterocycles. The summed E-state index contributed by atoms with van der Waals surface area (Å²) in [6, 6.07) is 5.35. The van der Waals surface area contributed by atoms with Gasteiger partial charge in [-0.3, -0.25) is 0 Å². The molecular formula is C15H16ClF2N3. The molecule has 112 valence electrons. The van der Waals surface area contributed by atoms with Gasteiger partial charge in [0.05, 0.1) is 0 Å². The highest BCUT2D eigenvalue weighted by molar-refractivity contribution is 6.29. The lowest BCUT2D eigenvalue weighted by Gasteiger charge is -2.17. The van der Waals surface area contributed by atoms with Crippen molar-refractivity contribution < 1.29 is 8.78 Å². The van der Waals surface area contributed by atoms with Crippen molar-refractivity contribution in [2.45, 2.75) is 32.7 Å². The van der Waals surface area contributed by atoms with E-state index in [-0.39, 0.29) is 5.41 Å². The van der Waals surface area contributed by atoms with Crippen LogP contribution in [-0.2, 0) is 12.0 Å². The lowest BCUT2D eigenvalue weighted by Crippen LogP contribution is -2.17. The Kier molecular flexibility index (Phi) is 4.42. The minimum absolute atomic E-state index is 0.233. The highest BCUT2D eigenvalue weighted by atomic mass is 35.5. The minimum atomic E-state index is -0.870. The summed E-state index contributed by atoms with van der Waals surface area (Å²) >= 11 is 5.98. The number of hydrogen-bond acceptors (Lipinski definition) is 3. The van der Waals surface area contributed by atoms with Gasteiger partial charge in [-0.05, 0) is 17.7 Å². The maximum atomic E-state index is 13.1. The Balaban J connectivity index is 2.16. The second kappa shape index (κ2) is 5.93. The highest BCUT2D eigenvalue weighted by Gasteiger charge is 2.18. The van der Waals surface area contributed by atoms with Crippen molar-refractivity contribution in [1.82, 2.24) is 9.97 Å². The van der Waals surface area contributed by atoms with Gasteiger partial charge in [-0.25, -0.2) is 18.7 Å². The quantitative estimate of drug-likeness (QED) is 0.858. The Morgan fingerprint density at radius 3 is 2.43 bits per heavy atom. The maximum absolute atomic E-state index is 13.1. The molecule has 2 rings (SSSR count). The molecule has 0 bridgehead atoms. The van der Waals surface area contributed by atoms with Gasteiger partial charge in [0, 0.05) is 18.0 Å². The van der Waals surface area contributed by atoms with Crippen molar-refractivity contribution in [3.8, 4) is 0 Å². The first kappa shape index (κ1) is 15.6. The van der Waals surface area contributed by atoms with E-state index in [0.717, 1.165) is 12.1 Å². The molecule has 0 aliphatic heterocycles. The normalized spacial score (nSPS) is 11.5. The Bertz CT molecular complexity index is 654. The van der Waals surface area contributed by atoms with Crippen molar-refractivity contribution in [2.75, 3.05) is 5.32 Å². The molecule has 3 nitrogen and oxygen atoms in total. The lowest BCUT2D eigenvalue weighted by molar-refractivity contribution is 0.507. The van der Waals surface area contributed by atoms with Crippen molar-refractivity contribution in [1.29, 1.82) is 0 Å². The van der Waals surface area contributed by atoms with Gasteiger partial charge in [0.1, 0.15) is 16.8 Å². The molecule has 1 N–H and O–H groups in total. The predicted octanol–water partition coefficient (Wildman–Crippen LogP) is 4.32. The first-order valence-corrected chi connectivity index (χ1v) is 6.86. The van der Waals surface area contributed by atoms with Crippen LogP contribution >= 0.6 is 11.6 Å². The second-order valence-corrected chi connectivity index (χ2v) is 6.14. The molecule has 0 aliphatic rings. The fourth-order valence-corrected chi connectivity index (χ4v) is 1.87. The molecule has 0 atom stereocenters. The topological polar surface area (TPSA) is 37.8 Å². The van der Waals surface area contributed by atoms with Gasteiger partial charge in [0.2, 0.25) is 0 Å². The monoisotopic (exact) mass is 311 g/mol. The summed E-state index contributed by atoms with van der Waals surface area (Å²) in [4.78, 5) is 8.58. The molecule has 21 heavy (non-hydrogen) atoms. The minimum Gasteiger partial charge on any atom is -0.366 e. The summed E-state index contributed by atoms with van der Waals surface area (Å²) in [7, 11) is 0. The smallest absolute Gasteiger partial charge is 0.159 e. The SMILES string of the molecule is CC(C)(C)c1nc(Cl)cc(NCc2ccc(F)c(F)c2)n1. The van der Waals surface area contributed by atoms with Gasteiger partial charge in [-0.15, -0.1) is 0 Å². The zero-order valence-corrected chi connectivity index (χ0v) is 12.8. The van der Waals surface area contributed by atoms with E-state index < -0.39 is 11.6 Å². The zero-order valence-electron chi connectivity index (χ0n) is 12.0. The van der Waals surface area contributed by atoms with Gasteiger partial charge in [-0.2, -0.15) is 0 Å². The molecule has 2 aromatic rings. The molecule has 0 amide bonds. The van der Waals surface area contributed by atoms with Crippen molar-refractivity contribution in [3.63, 3.8) is 0 Å². The van der Waals surface area contributed by atoms with Gasteiger partial charge < -0.3 is 5.32 Å². The fraction of sp³-hybridized carbons (Fsp3) is 0.333. The van der Waals surface area contributed by atoms with Crippen LogP contribution in [0.3, 0.4) is 0 Å². The van der Waals surface area contributed by atoms with Crippen molar-refractivity contribution in [2.24, 2.45) is 0 Å². The van der Waals surface area contributed by atoms with Crippen LogP contribution < -0.4 is 5.32 Å². The molecule has 0 unspecified atom stereocenters. The average molecular weight is 312 g/mol. The number of anilines is 1. The third-order valence-corrected chi connectivity index (χ3v) is 3.02. The summed E-state index contributed by atoms with van der Waals surface area (Å²) in [6.45, 7) is 6.27. The molecule has 0 spiro atoms. The highest BCUT2D eigenvalue weighted by Crippen LogP contribution is 2.22. The van der Waals surface area contributed by atoms with Crippen molar-refractivity contribution >= 4 is 17.4 Å². The number of rotatable bonds is 3. The molecule has 1 aromatic carbocycles. The summed E-state index contributed by atoms with van der Waals surface area (Å²) in [5, 5.41) is 3.37. The first-order valence-electron chi connectivity index (χ1n) is 6.48. The Hall–Kier alpha value is -1.75. The Labute approximate surface area is 127 Å². The van der Waals surface area contributed by atoms with E-state index in [1.165, 1.54) is 6.07 Å². The van der Waals surface area contributed by atoms with Gasteiger partial charge in [0.15, 0.2) is 11.6 Å². The second-order valence-electron chi connectivity index (χ2n) is 5.75. The largest absolute Gasteiger partial charge is 0.366 e. The molecule has 6 heteroatoms. The number of nitrogens with zero attached hydrogens (tertiary/aromatic N) is 2. The van der Waals surface area contributed by atoms with E-state index in [0.29, 0.717) is 28.9 Å². The predicted molar refractivity (Wildman–Crippen MR) is 79.4 cm³/mol. The fourth-order valence-electron chi connectivity index (χ4n) is 1.69. The molecule has 1 aromatic heterocycles. The molecule has 0 saturated heterocycles. The lowest BCUT2D eigenvalue weighted by atomic mass is 9.96. The summed E-state index contributed by atoms with van der Waals surface area (Å²) in [5.74, 6) is -0.573. The zero-order chi connectivity index (χ0) is 15.6. The Morgan fingerprint density at radius 2 is 1.81 bits per heavy atom. The maximum Gasteiger partial charge on any atom is 0.159 e. The van der Waals surface area contributed by atoms with Crippen LogP contribution in [0.5, 0.6) is 0 Å². The van der Waals surface area contributed by atoms with Crippen LogP contribution in [0.15, 0.2) is 24.3 Å². The van der Waals surface area contributed by atoms with Gasteiger partial charge in [-0.1, -0.05) is 38.4 Å². The third-order valence-electron chi connectivity index (χ3n) is 2.82. The molecule has 0 fully saturated rings. The van der Waals surface area contributed by atoms with E-state index in [9.17, 15) is 8.78 Å². The summed E-state index contributed by atoms with van der Waals surface area (Å²) < 4.78 is 26.0. The van der Waals surface area contributed by atoms with Crippen molar-refractivity contribution in [3.05, 3.63) is 52.4 Å². The standard InChI is InChI=1S/C15H16ClF2N3/c1-15(2,3)14-20-12(16)7-13(21-14)19-8-9-4-5-10(17)11(18)6-9/h4-7H,8H2,1-3H3,(H,19,20,21). The number of halogens is 3. The van der Waals surface area contributed by atoms with E-state index >= 15 is 0 Å². The molecular weight excluding hydrogens is 296 g/mol. The van der Waals surface area contributed by atoms with Crippen LogP contribution in [0, 0.1) is 11.6 Å². The van der Waals surface area contributed by atoms with Gasteiger partial charge in [0.25, 0.3) is 0 Å². The Morgan fingerprint density at radius 1 is 1.10 bits per heavy atom. The van der Waals surface area contributed by atoms with E-state index in [1.807, 2.05) is 20.8 Å². The van der Waals surface area contributed by atoms with E-state index in [1.54, 1.807) is 6.07 Å². The molecule has 0 saturated carbocycles. The van der Waals surface area contributed by atoms with E-state index in [4.69, 9.17) is 11.6 Å². The van der Waals surface area contributed by atoms with E-state index in [2.05, 4.69) is 15.3 Å². The number of aromatic nitrogens is 2. The van der Waals surface area contributed by atoms with Crippen LogP contribution in [0.4, 0.5) is 14.6 Å². The third kappa shape index (κ3) is 4.11. The summed E-state index contributed by atoms with van der Waals surface area (Å²) in [6.07, 6.45) is 0. The number of nitrogens with one attached hydrogen (secondary N) is 1. The van der Waals surface area contributed by atoms with Crippen LogP contribution in [0.2, 0.25) is 5.15 Å².